The third kappa shape index (κ3) is 5.55. The monoisotopic (exact) mass is 318 g/mol. The minimum atomic E-state index is -4.30. The molecule has 0 bridgehead atoms. The molecular formula is C16H21F3OS. The van der Waals surface area contributed by atoms with Crippen LogP contribution in [0.4, 0.5) is 13.2 Å². The predicted molar refractivity (Wildman–Crippen MR) is 80.5 cm³/mol. The highest BCUT2D eigenvalue weighted by molar-refractivity contribution is 7.99. The van der Waals surface area contributed by atoms with Crippen LogP contribution in [0.3, 0.4) is 0 Å². The van der Waals surface area contributed by atoms with Crippen molar-refractivity contribution in [2.24, 2.45) is 0 Å². The first-order valence-electron chi connectivity index (χ1n) is 7.41. The van der Waals surface area contributed by atoms with Gasteiger partial charge in [0, 0.05) is 11.0 Å². The molecule has 0 spiro atoms. The standard InChI is InChI=1S/C16H21F3OS/c17-16(18,19)13-8-6-12(7-9-13)10-14(20)11-21-15-4-2-1-3-5-15/h6-9,14-15,20H,1-5,10-11H2. The van der Waals surface area contributed by atoms with Gasteiger partial charge in [-0.15, -0.1) is 0 Å². The van der Waals surface area contributed by atoms with Gasteiger partial charge < -0.3 is 5.11 Å². The van der Waals surface area contributed by atoms with E-state index < -0.39 is 17.8 Å². The number of hydrogen-bond acceptors (Lipinski definition) is 2. The van der Waals surface area contributed by atoms with Crippen molar-refractivity contribution in [1.29, 1.82) is 0 Å². The highest BCUT2D eigenvalue weighted by Gasteiger charge is 2.30. The summed E-state index contributed by atoms with van der Waals surface area (Å²) in [6, 6.07) is 5.07. The van der Waals surface area contributed by atoms with E-state index in [1.807, 2.05) is 0 Å². The van der Waals surface area contributed by atoms with Gasteiger partial charge >= 0.3 is 6.18 Å². The molecule has 1 unspecified atom stereocenters. The van der Waals surface area contributed by atoms with E-state index >= 15 is 0 Å². The molecule has 1 saturated carbocycles. The molecule has 0 amide bonds. The van der Waals surface area contributed by atoms with E-state index in [-0.39, 0.29) is 0 Å². The highest BCUT2D eigenvalue weighted by Crippen LogP contribution is 2.30. The van der Waals surface area contributed by atoms with E-state index in [9.17, 15) is 18.3 Å². The third-order valence-electron chi connectivity index (χ3n) is 3.83. The highest BCUT2D eigenvalue weighted by atomic mass is 32.2. The number of alkyl halides is 3. The fourth-order valence-corrected chi connectivity index (χ4v) is 3.92. The average Bonchev–Trinajstić information content (AvgIpc) is 2.46. The summed E-state index contributed by atoms with van der Waals surface area (Å²) in [6.45, 7) is 0. The van der Waals surface area contributed by atoms with E-state index in [0.29, 0.717) is 17.4 Å². The molecule has 118 valence electrons. The smallest absolute Gasteiger partial charge is 0.392 e. The molecule has 0 radical (unpaired) electrons. The summed E-state index contributed by atoms with van der Waals surface area (Å²) in [6.07, 6.45) is 1.92. The zero-order valence-corrected chi connectivity index (χ0v) is 12.7. The number of thioether (sulfide) groups is 1. The second kappa shape index (κ2) is 7.54. The van der Waals surface area contributed by atoms with Gasteiger partial charge in [0.2, 0.25) is 0 Å². The van der Waals surface area contributed by atoms with Crippen molar-refractivity contribution >= 4 is 11.8 Å². The predicted octanol–water partition coefficient (Wildman–Crippen LogP) is 4.67. The molecule has 1 aromatic carbocycles. The van der Waals surface area contributed by atoms with E-state index in [0.717, 1.165) is 17.7 Å². The fraction of sp³-hybridized carbons (Fsp3) is 0.625. The molecule has 5 heteroatoms. The molecule has 1 fully saturated rings. The molecule has 1 atom stereocenters. The molecule has 0 aromatic heterocycles. The van der Waals surface area contributed by atoms with Gasteiger partial charge in [0.1, 0.15) is 0 Å². The van der Waals surface area contributed by atoms with Gasteiger partial charge in [-0.1, -0.05) is 31.4 Å². The van der Waals surface area contributed by atoms with Gasteiger partial charge in [-0.05, 0) is 37.0 Å². The van der Waals surface area contributed by atoms with Gasteiger partial charge in [0.05, 0.1) is 11.7 Å². The van der Waals surface area contributed by atoms with Gasteiger partial charge in [-0.2, -0.15) is 24.9 Å². The first-order valence-corrected chi connectivity index (χ1v) is 8.46. The molecule has 0 heterocycles. The molecule has 1 aliphatic carbocycles. The summed E-state index contributed by atoms with van der Waals surface area (Å²) in [5, 5.41) is 10.7. The Kier molecular flexibility index (Phi) is 5.99. The lowest BCUT2D eigenvalue weighted by Crippen LogP contribution is -2.17. The number of rotatable bonds is 5. The number of hydrogen-bond donors (Lipinski definition) is 1. The van der Waals surface area contributed by atoms with Crippen molar-refractivity contribution in [3.8, 4) is 0 Å². The first-order chi connectivity index (χ1) is 9.95. The maximum atomic E-state index is 12.5. The Morgan fingerprint density at radius 1 is 1.10 bits per heavy atom. The molecular weight excluding hydrogens is 297 g/mol. The van der Waals surface area contributed by atoms with Gasteiger partial charge in [-0.3, -0.25) is 0 Å². The Bertz CT molecular complexity index is 424. The molecule has 1 aromatic rings. The number of halogens is 3. The lowest BCUT2D eigenvalue weighted by atomic mass is 10.0. The maximum Gasteiger partial charge on any atom is 0.416 e. The van der Waals surface area contributed by atoms with Crippen LogP contribution in [-0.4, -0.2) is 22.2 Å². The maximum absolute atomic E-state index is 12.5. The lowest BCUT2D eigenvalue weighted by molar-refractivity contribution is -0.137. The quantitative estimate of drug-likeness (QED) is 0.851. The third-order valence-corrected chi connectivity index (χ3v) is 5.35. The van der Waals surface area contributed by atoms with Gasteiger partial charge in [0.15, 0.2) is 0 Å². The number of benzene rings is 1. The Balaban J connectivity index is 1.78. The number of aliphatic hydroxyl groups is 1. The van der Waals surface area contributed by atoms with Crippen molar-refractivity contribution in [3.05, 3.63) is 35.4 Å². The van der Waals surface area contributed by atoms with Crippen molar-refractivity contribution in [2.45, 2.75) is 56.1 Å². The van der Waals surface area contributed by atoms with Gasteiger partial charge in [-0.25, -0.2) is 0 Å². The van der Waals surface area contributed by atoms with E-state index in [2.05, 4.69) is 0 Å². The zero-order chi connectivity index (χ0) is 15.3. The van der Waals surface area contributed by atoms with Crippen LogP contribution in [0.15, 0.2) is 24.3 Å². The summed E-state index contributed by atoms with van der Waals surface area (Å²) in [7, 11) is 0. The van der Waals surface area contributed by atoms with Crippen LogP contribution in [-0.2, 0) is 12.6 Å². The van der Waals surface area contributed by atoms with E-state index in [4.69, 9.17) is 0 Å². The lowest BCUT2D eigenvalue weighted by Gasteiger charge is -2.22. The second-order valence-electron chi connectivity index (χ2n) is 5.65. The normalized spacial score (nSPS) is 18.7. The van der Waals surface area contributed by atoms with Crippen molar-refractivity contribution in [1.82, 2.24) is 0 Å². The minimum absolute atomic E-state index is 0.415. The van der Waals surface area contributed by atoms with Crippen molar-refractivity contribution in [3.63, 3.8) is 0 Å². The Hall–Kier alpha value is -0.680. The summed E-state index contributed by atoms with van der Waals surface area (Å²) in [5.41, 5.74) is 0.108. The van der Waals surface area contributed by atoms with E-state index in [1.54, 1.807) is 11.8 Å². The summed E-state index contributed by atoms with van der Waals surface area (Å²) >= 11 is 1.80. The summed E-state index contributed by atoms with van der Waals surface area (Å²) in [5.74, 6) is 0.658. The largest absolute Gasteiger partial charge is 0.416 e. The minimum Gasteiger partial charge on any atom is -0.392 e. The molecule has 1 nitrogen and oxygen atoms in total. The number of aliphatic hydroxyl groups excluding tert-OH is 1. The summed E-state index contributed by atoms with van der Waals surface area (Å²) < 4.78 is 37.4. The Labute approximate surface area is 127 Å². The fourth-order valence-electron chi connectivity index (χ4n) is 2.64. The second-order valence-corrected chi connectivity index (χ2v) is 6.98. The SMILES string of the molecule is OC(CSC1CCCCC1)Cc1ccc(C(F)(F)F)cc1. The van der Waals surface area contributed by atoms with Crippen LogP contribution in [0.2, 0.25) is 0 Å². The van der Waals surface area contributed by atoms with Crippen LogP contribution in [0.1, 0.15) is 43.2 Å². The molecule has 0 saturated heterocycles. The topological polar surface area (TPSA) is 20.2 Å². The molecule has 0 aliphatic heterocycles. The van der Waals surface area contributed by atoms with Crippen molar-refractivity contribution in [2.75, 3.05) is 5.75 Å². The van der Waals surface area contributed by atoms with Gasteiger partial charge in [0.25, 0.3) is 0 Å². The molecule has 2 rings (SSSR count). The Morgan fingerprint density at radius 2 is 1.71 bits per heavy atom. The Morgan fingerprint density at radius 3 is 2.29 bits per heavy atom. The summed E-state index contributed by atoms with van der Waals surface area (Å²) in [4.78, 5) is 0. The zero-order valence-electron chi connectivity index (χ0n) is 11.9. The van der Waals surface area contributed by atoms with Crippen LogP contribution in [0.25, 0.3) is 0 Å². The molecule has 1 aliphatic rings. The molecule has 21 heavy (non-hydrogen) atoms. The molecule has 1 N–H and O–H groups in total. The van der Waals surface area contributed by atoms with Crippen LogP contribution in [0.5, 0.6) is 0 Å². The van der Waals surface area contributed by atoms with Crippen LogP contribution in [0, 0.1) is 0 Å². The van der Waals surface area contributed by atoms with E-state index in [1.165, 1.54) is 44.2 Å². The van der Waals surface area contributed by atoms with Crippen LogP contribution < -0.4 is 0 Å². The first kappa shape index (κ1) is 16.7. The van der Waals surface area contributed by atoms with Crippen LogP contribution >= 0.6 is 11.8 Å². The average molecular weight is 318 g/mol. The van der Waals surface area contributed by atoms with Crippen molar-refractivity contribution < 1.29 is 18.3 Å².